The van der Waals surface area contributed by atoms with Crippen molar-refractivity contribution in [3.63, 3.8) is 0 Å². The van der Waals surface area contributed by atoms with E-state index in [1.165, 1.54) is 22.7 Å². The number of fused-ring (bicyclic) bond motifs is 1. The molecule has 2 aromatic rings. The molecule has 25 heavy (non-hydrogen) atoms. The van der Waals surface area contributed by atoms with Crippen molar-refractivity contribution in [2.75, 3.05) is 17.5 Å². The van der Waals surface area contributed by atoms with E-state index in [-0.39, 0.29) is 16.5 Å². The Morgan fingerprint density at radius 2 is 1.76 bits per heavy atom. The van der Waals surface area contributed by atoms with E-state index in [1.807, 2.05) is 6.07 Å². The molecule has 0 aromatic heterocycles. The lowest BCUT2D eigenvalue weighted by molar-refractivity contribution is 0.395. The van der Waals surface area contributed by atoms with Gasteiger partial charge >= 0.3 is 0 Å². The van der Waals surface area contributed by atoms with Gasteiger partial charge in [-0.2, -0.15) is 4.31 Å². The summed E-state index contributed by atoms with van der Waals surface area (Å²) in [6.07, 6.45) is 1.77. The molecular formula is C16H17ClN2O4S2. The standard InChI is InChI=1S/C16H17ClN2O4S2/c1-24(20,21)19-9-8-12-6-7-14(10-13(12)11-19)18-25(22,23)16-5-3-2-4-15(16)17/h2-7,10,18H,8-9,11H2,1H3. The number of sulfonamides is 2. The van der Waals surface area contributed by atoms with Crippen LogP contribution in [0.3, 0.4) is 0 Å². The summed E-state index contributed by atoms with van der Waals surface area (Å²) >= 11 is 5.97. The number of nitrogens with zero attached hydrogens (tertiary/aromatic N) is 1. The first-order valence-corrected chi connectivity index (χ1v) is 11.2. The van der Waals surface area contributed by atoms with E-state index in [2.05, 4.69) is 4.72 Å². The third-order valence-corrected chi connectivity index (χ3v) is 7.16. The zero-order valence-electron chi connectivity index (χ0n) is 13.4. The number of nitrogens with one attached hydrogen (secondary N) is 1. The molecule has 3 rings (SSSR count). The molecule has 0 spiro atoms. The zero-order chi connectivity index (χ0) is 18.2. The Labute approximate surface area is 152 Å². The predicted octanol–water partition coefficient (Wildman–Crippen LogP) is 2.46. The summed E-state index contributed by atoms with van der Waals surface area (Å²) in [5.74, 6) is 0. The molecule has 0 atom stereocenters. The molecule has 9 heteroatoms. The van der Waals surface area contributed by atoms with Crippen molar-refractivity contribution in [3.05, 3.63) is 58.6 Å². The molecule has 1 aliphatic heterocycles. The third kappa shape index (κ3) is 3.98. The van der Waals surface area contributed by atoms with Crippen molar-refractivity contribution in [2.45, 2.75) is 17.9 Å². The second-order valence-corrected chi connectivity index (χ2v) is 9.91. The average Bonchev–Trinajstić information content (AvgIpc) is 2.53. The van der Waals surface area contributed by atoms with Gasteiger partial charge in [0.25, 0.3) is 10.0 Å². The van der Waals surface area contributed by atoms with E-state index in [1.54, 1.807) is 24.3 Å². The monoisotopic (exact) mass is 400 g/mol. The number of hydrogen-bond donors (Lipinski definition) is 1. The zero-order valence-corrected chi connectivity index (χ0v) is 15.8. The van der Waals surface area contributed by atoms with Gasteiger partial charge in [0.05, 0.1) is 11.3 Å². The molecule has 0 saturated carbocycles. The van der Waals surface area contributed by atoms with Gasteiger partial charge in [0.2, 0.25) is 10.0 Å². The van der Waals surface area contributed by atoms with Crippen molar-refractivity contribution >= 4 is 37.3 Å². The van der Waals surface area contributed by atoms with Gasteiger partial charge in [0.1, 0.15) is 4.90 Å². The smallest absolute Gasteiger partial charge is 0.263 e. The highest BCUT2D eigenvalue weighted by Crippen LogP contribution is 2.27. The normalized spacial score (nSPS) is 15.6. The Morgan fingerprint density at radius 3 is 2.44 bits per heavy atom. The summed E-state index contributed by atoms with van der Waals surface area (Å²) in [7, 11) is -7.11. The number of hydrogen-bond acceptors (Lipinski definition) is 4. The summed E-state index contributed by atoms with van der Waals surface area (Å²) < 4.78 is 52.4. The largest absolute Gasteiger partial charge is 0.280 e. The van der Waals surface area contributed by atoms with Gasteiger partial charge in [0.15, 0.2) is 0 Å². The Hall–Kier alpha value is -1.61. The van der Waals surface area contributed by atoms with Gasteiger partial charge in [0, 0.05) is 18.8 Å². The van der Waals surface area contributed by atoms with Crippen LogP contribution >= 0.6 is 11.6 Å². The van der Waals surface area contributed by atoms with Crippen LogP contribution in [0.5, 0.6) is 0 Å². The molecule has 1 aliphatic rings. The Bertz CT molecular complexity index is 1020. The Morgan fingerprint density at radius 1 is 1.04 bits per heavy atom. The lowest BCUT2D eigenvalue weighted by atomic mass is 10.0. The topological polar surface area (TPSA) is 83.6 Å². The van der Waals surface area contributed by atoms with Gasteiger partial charge in [-0.25, -0.2) is 16.8 Å². The molecular weight excluding hydrogens is 384 g/mol. The van der Waals surface area contributed by atoms with E-state index < -0.39 is 20.0 Å². The fourth-order valence-electron chi connectivity index (χ4n) is 2.75. The highest BCUT2D eigenvalue weighted by molar-refractivity contribution is 7.92. The van der Waals surface area contributed by atoms with Crippen LogP contribution in [0.15, 0.2) is 47.4 Å². The van der Waals surface area contributed by atoms with Crippen LogP contribution in [0, 0.1) is 0 Å². The van der Waals surface area contributed by atoms with E-state index >= 15 is 0 Å². The van der Waals surface area contributed by atoms with Crippen LogP contribution in [0.4, 0.5) is 5.69 Å². The molecule has 0 unspecified atom stereocenters. The fourth-order valence-corrected chi connectivity index (χ4v) is 5.12. The first-order chi connectivity index (χ1) is 11.7. The van der Waals surface area contributed by atoms with Crippen molar-refractivity contribution < 1.29 is 16.8 Å². The second kappa shape index (κ2) is 6.60. The van der Waals surface area contributed by atoms with Crippen LogP contribution < -0.4 is 4.72 Å². The fraction of sp³-hybridized carbons (Fsp3) is 0.250. The van der Waals surface area contributed by atoms with Gasteiger partial charge in [-0.05, 0) is 41.8 Å². The van der Waals surface area contributed by atoms with Crippen LogP contribution in [0.1, 0.15) is 11.1 Å². The highest BCUT2D eigenvalue weighted by atomic mass is 35.5. The third-order valence-electron chi connectivity index (χ3n) is 4.03. The Balaban J connectivity index is 1.89. The van der Waals surface area contributed by atoms with E-state index in [0.717, 1.165) is 11.1 Å². The number of halogens is 1. The molecule has 1 N–H and O–H groups in total. The van der Waals surface area contributed by atoms with Crippen LogP contribution in [0.25, 0.3) is 0 Å². The van der Waals surface area contributed by atoms with E-state index in [0.29, 0.717) is 18.7 Å². The maximum atomic E-state index is 12.5. The van der Waals surface area contributed by atoms with Crippen molar-refractivity contribution in [3.8, 4) is 0 Å². The van der Waals surface area contributed by atoms with Gasteiger partial charge in [-0.15, -0.1) is 0 Å². The minimum Gasteiger partial charge on any atom is -0.280 e. The molecule has 0 saturated heterocycles. The average molecular weight is 401 g/mol. The molecule has 134 valence electrons. The summed E-state index contributed by atoms with van der Waals surface area (Å²) in [6, 6.07) is 11.3. The number of anilines is 1. The molecule has 0 bridgehead atoms. The minimum absolute atomic E-state index is 0.00727. The SMILES string of the molecule is CS(=O)(=O)N1CCc2ccc(NS(=O)(=O)c3ccccc3Cl)cc2C1. The van der Waals surface area contributed by atoms with Gasteiger partial charge < -0.3 is 0 Å². The second-order valence-electron chi connectivity index (χ2n) is 5.87. The molecule has 0 fully saturated rings. The lowest BCUT2D eigenvalue weighted by Gasteiger charge is -2.27. The first-order valence-electron chi connectivity index (χ1n) is 7.51. The van der Waals surface area contributed by atoms with Crippen LogP contribution in [-0.4, -0.2) is 33.9 Å². The summed E-state index contributed by atoms with van der Waals surface area (Å²) in [5, 5.41) is 0.135. The predicted molar refractivity (Wildman–Crippen MR) is 97.7 cm³/mol. The summed E-state index contributed by atoms with van der Waals surface area (Å²) in [6.45, 7) is 0.659. The van der Waals surface area contributed by atoms with Crippen molar-refractivity contribution in [1.29, 1.82) is 0 Å². The molecule has 0 aliphatic carbocycles. The molecule has 6 nitrogen and oxygen atoms in total. The molecule has 1 heterocycles. The van der Waals surface area contributed by atoms with E-state index in [4.69, 9.17) is 11.6 Å². The highest BCUT2D eigenvalue weighted by Gasteiger charge is 2.24. The quantitative estimate of drug-likeness (QED) is 0.854. The summed E-state index contributed by atoms with van der Waals surface area (Å²) in [5.41, 5.74) is 2.17. The molecule has 0 radical (unpaired) electrons. The maximum Gasteiger partial charge on any atom is 0.263 e. The number of benzene rings is 2. The maximum absolute atomic E-state index is 12.5. The summed E-state index contributed by atoms with van der Waals surface area (Å²) in [4.78, 5) is -0.00727. The van der Waals surface area contributed by atoms with Crippen LogP contribution in [-0.2, 0) is 33.0 Å². The molecule has 2 aromatic carbocycles. The lowest BCUT2D eigenvalue weighted by Crippen LogP contribution is -2.35. The number of rotatable bonds is 4. The van der Waals surface area contributed by atoms with Crippen molar-refractivity contribution in [1.82, 2.24) is 4.31 Å². The Kier molecular flexibility index (Phi) is 4.80. The van der Waals surface area contributed by atoms with Gasteiger partial charge in [-0.3, -0.25) is 4.72 Å². The van der Waals surface area contributed by atoms with Crippen LogP contribution in [0.2, 0.25) is 5.02 Å². The van der Waals surface area contributed by atoms with Gasteiger partial charge in [-0.1, -0.05) is 29.8 Å². The van der Waals surface area contributed by atoms with Crippen molar-refractivity contribution in [2.24, 2.45) is 0 Å². The molecule has 0 amide bonds. The van der Waals surface area contributed by atoms with E-state index in [9.17, 15) is 16.8 Å². The first kappa shape index (κ1) is 18.2. The minimum atomic E-state index is -3.83.